The van der Waals surface area contributed by atoms with Crippen molar-refractivity contribution in [2.75, 3.05) is 0 Å². The molecular weight excluding hydrogens is 298 g/mol. The first-order valence-corrected chi connectivity index (χ1v) is 6.10. The maximum atomic E-state index is 11.0. The summed E-state index contributed by atoms with van der Waals surface area (Å²) in [5.41, 5.74) is 2.62. The molecule has 0 aromatic heterocycles. The molecule has 0 saturated heterocycles. The van der Waals surface area contributed by atoms with E-state index in [1.54, 1.807) is 0 Å². The molecule has 0 aliphatic carbocycles. The van der Waals surface area contributed by atoms with Gasteiger partial charge in [-0.3, -0.25) is 4.79 Å². The van der Waals surface area contributed by atoms with Crippen molar-refractivity contribution in [3.63, 3.8) is 0 Å². The van der Waals surface area contributed by atoms with Gasteiger partial charge in [0.1, 0.15) is 5.70 Å². The summed E-state index contributed by atoms with van der Waals surface area (Å²) in [6, 6.07) is 3.70. The molecule has 0 bridgehead atoms. The Kier molecular flexibility index (Phi) is 4.67. The van der Waals surface area contributed by atoms with Gasteiger partial charge in [-0.25, -0.2) is 4.79 Å². The topological polar surface area (TPSA) is 66.4 Å². The second-order valence-electron chi connectivity index (χ2n) is 4.01. The van der Waals surface area contributed by atoms with Gasteiger partial charge in [-0.05, 0) is 36.6 Å². The van der Waals surface area contributed by atoms with Crippen LogP contribution in [0, 0.1) is 13.8 Å². The minimum atomic E-state index is -1.16. The molecule has 1 aromatic carbocycles. The number of carbonyl (C=O) groups is 2. The van der Waals surface area contributed by atoms with Gasteiger partial charge >= 0.3 is 5.97 Å². The van der Waals surface area contributed by atoms with Crippen molar-refractivity contribution in [3.8, 4) is 0 Å². The van der Waals surface area contributed by atoms with Crippen LogP contribution in [0.5, 0.6) is 0 Å². The zero-order valence-corrected chi connectivity index (χ0v) is 12.0. The average Bonchev–Trinajstić information content (AvgIpc) is 2.24. The lowest BCUT2D eigenvalue weighted by Crippen LogP contribution is -2.24. The van der Waals surface area contributed by atoms with Crippen molar-refractivity contribution < 1.29 is 14.7 Å². The number of nitrogens with one attached hydrogen (secondary N) is 1. The molecule has 0 unspecified atom stereocenters. The maximum Gasteiger partial charge on any atom is 0.352 e. The Morgan fingerprint density at radius 3 is 2.17 bits per heavy atom. The van der Waals surface area contributed by atoms with Crippen LogP contribution < -0.4 is 5.32 Å². The van der Waals surface area contributed by atoms with Gasteiger partial charge in [-0.1, -0.05) is 28.1 Å². The number of hydrogen-bond donors (Lipinski definition) is 2. The Morgan fingerprint density at radius 2 is 1.78 bits per heavy atom. The molecule has 4 nitrogen and oxygen atoms in total. The van der Waals surface area contributed by atoms with Crippen LogP contribution in [0.3, 0.4) is 0 Å². The number of carboxylic acids is 1. The molecule has 1 aromatic rings. The fraction of sp³-hybridized carbons (Fsp3) is 0.231. The molecule has 0 atom stereocenters. The summed E-state index contributed by atoms with van der Waals surface area (Å²) in [4.78, 5) is 21.9. The van der Waals surface area contributed by atoms with E-state index in [-0.39, 0.29) is 5.70 Å². The number of carbonyl (C=O) groups excluding carboxylic acids is 1. The van der Waals surface area contributed by atoms with Crippen LogP contribution in [-0.2, 0) is 9.59 Å². The van der Waals surface area contributed by atoms with Crippen molar-refractivity contribution >= 4 is 33.9 Å². The molecule has 2 N–H and O–H groups in total. The highest BCUT2D eigenvalue weighted by Crippen LogP contribution is 2.23. The quantitative estimate of drug-likeness (QED) is 0.843. The predicted octanol–water partition coefficient (Wildman–Crippen LogP) is 2.63. The van der Waals surface area contributed by atoms with Gasteiger partial charge in [-0.15, -0.1) is 0 Å². The molecule has 0 fully saturated rings. The smallest absolute Gasteiger partial charge is 0.352 e. The van der Waals surface area contributed by atoms with Gasteiger partial charge < -0.3 is 10.4 Å². The van der Waals surface area contributed by atoms with Crippen molar-refractivity contribution in [2.24, 2.45) is 0 Å². The minimum absolute atomic E-state index is 0.136. The van der Waals surface area contributed by atoms with Crippen LogP contribution in [0.25, 0.3) is 6.08 Å². The molecule has 0 spiro atoms. The van der Waals surface area contributed by atoms with Crippen LogP contribution in [0.15, 0.2) is 22.3 Å². The van der Waals surface area contributed by atoms with Crippen LogP contribution in [0.4, 0.5) is 0 Å². The highest BCUT2D eigenvalue weighted by molar-refractivity contribution is 9.10. The van der Waals surface area contributed by atoms with Gasteiger partial charge in [0.05, 0.1) is 0 Å². The molecule has 1 rings (SSSR count). The standard InChI is InChI=1S/C13H14BrNO3/c1-7-4-10(5-8(2)12(7)14)6-11(13(17)18)15-9(3)16/h4-6H,1-3H3,(H,15,16)(H,17,18)/b11-6-. The van der Waals surface area contributed by atoms with Gasteiger partial charge in [0.15, 0.2) is 0 Å². The van der Waals surface area contributed by atoms with Gasteiger partial charge in [-0.2, -0.15) is 0 Å². The highest BCUT2D eigenvalue weighted by Gasteiger charge is 2.09. The molecule has 0 aliphatic heterocycles. The van der Waals surface area contributed by atoms with Crippen molar-refractivity contribution in [1.29, 1.82) is 0 Å². The van der Waals surface area contributed by atoms with Crippen molar-refractivity contribution in [2.45, 2.75) is 20.8 Å². The second kappa shape index (κ2) is 5.82. The van der Waals surface area contributed by atoms with E-state index in [1.807, 2.05) is 26.0 Å². The number of benzene rings is 1. The SMILES string of the molecule is CC(=O)N/C(=C\c1cc(C)c(Br)c(C)c1)C(=O)O. The Labute approximate surface area is 114 Å². The third kappa shape index (κ3) is 3.70. The number of aliphatic carboxylic acids is 1. The molecule has 0 heterocycles. The molecule has 96 valence electrons. The predicted molar refractivity (Wildman–Crippen MR) is 73.0 cm³/mol. The molecule has 1 amide bonds. The molecule has 0 radical (unpaired) electrons. The Balaban J connectivity index is 3.20. The van der Waals surface area contributed by atoms with E-state index < -0.39 is 11.9 Å². The molecule has 18 heavy (non-hydrogen) atoms. The fourth-order valence-electron chi connectivity index (χ4n) is 1.57. The highest BCUT2D eigenvalue weighted by atomic mass is 79.9. The van der Waals surface area contributed by atoms with E-state index in [0.29, 0.717) is 0 Å². The van der Waals surface area contributed by atoms with Crippen molar-refractivity contribution in [1.82, 2.24) is 5.32 Å². The zero-order chi connectivity index (χ0) is 13.9. The summed E-state index contributed by atoms with van der Waals surface area (Å²) >= 11 is 3.44. The van der Waals surface area contributed by atoms with Crippen LogP contribution in [0.2, 0.25) is 0 Å². The summed E-state index contributed by atoms with van der Waals surface area (Å²) in [6.07, 6.45) is 1.44. The third-order valence-electron chi connectivity index (χ3n) is 2.31. The van der Waals surface area contributed by atoms with E-state index in [9.17, 15) is 9.59 Å². The van der Waals surface area contributed by atoms with E-state index in [0.717, 1.165) is 21.2 Å². The lowest BCUT2D eigenvalue weighted by atomic mass is 10.1. The van der Waals surface area contributed by atoms with E-state index >= 15 is 0 Å². The first-order chi connectivity index (χ1) is 8.31. The zero-order valence-electron chi connectivity index (χ0n) is 10.4. The van der Waals surface area contributed by atoms with E-state index in [1.165, 1.54) is 13.0 Å². The number of aryl methyl sites for hydroxylation is 2. The summed E-state index contributed by atoms with van der Waals surface area (Å²) in [5.74, 6) is -1.57. The molecule has 5 heteroatoms. The molecular formula is C13H14BrNO3. The van der Waals surface area contributed by atoms with Crippen molar-refractivity contribution in [3.05, 3.63) is 39.0 Å². The number of amides is 1. The number of halogens is 1. The Bertz CT molecular complexity index is 512. The van der Waals surface area contributed by atoms with E-state index in [4.69, 9.17) is 5.11 Å². The fourth-order valence-corrected chi connectivity index (χ4v) is 1.80. The lowest BCUT2D eigenvalue weighted by Gasteiger charge is -2.07. The van der Waals surface area contributed by atoms with Gasteiger partial charge in [0, 0.05) is 11.4 Å². The Morgan fingerprint density at radius 1 is 1.28 bits per heavy atom. The monoisotopic (exact) mass is 311 g/mol. The first kappa shape index (κ1) is 14.4. The third-order valence-corrected chi connectivity index (χ3v) is 3.56. The summed E-state index contributed by atoms with van der Waals surface area (Å²) in [5, 5.41) is 11.3. The van der Waals surface area contributed by atoms with Crippen LogP contribution >= 0.6 is 15.9 Å². The lowest BCUT2D eigenvalue weighted by molar-refractivity contribution is -0.134. The summed E-state index contributed by atoms with van der Waals surface area (Å²) in [6.45, 7) is 5.12. The van der Waals surface area contributed by atoms with Gasteiger partial charge in [0.2, 0.25) is 5.91 Å². The normalized spacial score (nSPS) is 11.2. The number of rotatable bonds is 3. The van der Waals surface area contributed by atoms with Crippen LogP contribution in [0.1, 0.15) is 23.6 Å². The second-order valence-corrected chi connectivity index (χ2v) is 4.81. The molecule has 0 aliphatic rings. The molecule has 0 saturated carbocycles. The number of hydrogen-bond acceptors (Lipinski definition) is 2. The minimum Gasteiger partial charge on any atom is -0.477 e. The van der Waals surface area contributed by atoms with Gasteiger partial charge in [0.25, 0.3) is 0 Å². The number of carboxylic acid groups (broad SMARTS) is 1. The maximum absolute atomic E-state index is 11.0. The summed E-state index contributed by atoms with van der Waals surface area (Å²) in [7, 11) is 0. The average molecular weight is 312 g/mol. The Hall–Kier alpha value is -1.62. The van der Waals surface area contributed by atoms with Crippen LogP contribution in [-0.4, -0.2) is 17.0 Å². The first-order valence-electron chi connectivity index (χ1n) is 5.30. The summed E-state index contributed by atoms with van der Waals surface area (Å²) < 4.78 is 0.996. The largest absolute Gasteiger partial charge is 0.477 e. The van der Waals surface area contributed by atoms with E-state index in [2.05, 4.69) is 21.2 Å².